The molecule has 2 aliphatic heterocycles. The fourth-order valence-corrected chi connectivity index (χ4v) is 4.48. The first-order valence-corrected chi connectivity index (χ1v) is 9.95. The van der Waals surface area contributed by atoms with Crippen molar-refractivity contribution in [1.82, 2.24) is 9.80 Å². The number of thioether (sulfide) groups is 1. The molecule has 3 rings (SSSR count). The molecule has 2 heterocycles. The third-order valence-corrected chi connectivity index (χ3v) is 6.10. The second kappa shape index (κ2) is 8.15. The molecule has 26 heavy (non-hydrogen) atoms. The van der Waals surface area contributed by atoms with Gasteiger partial charge in [0, 0.05) is 18.9 Å². The van der Waals surface area contributed by atoms with E-state index in [4.69, 9.17) is 4.74 Å². The summed E-state index contributed by atoms with van der Waals surface area (Å²) in [5.41, 5.74) is 1.70. The first kappa shape index (κ1) is 18.8. The highest BCUT2D eigenvalue weighted by Crippen LogP contribution is 2.42. The molecule has 1 fully saturated rings. The van der Waals surface area contributed by atoms with E-state index < -0.39 is 0 Å². The summed E-state index contributed by atoms with van der Waals surface area (Å²) in [5, 5.41) is 10.6. The zero-order chi connectivity index (χ0) is 18.7. The molecule has 1 aromatic rings. The number of fused-ring (bicyclic) bond motifs is 1. The molecule has 2 aliphatic rings. The van der Waals surface area contributed by atoms with Gasteiger partial charge in [-0.25, -0.2) is 0 Å². The smallest absolute Gasteiger partial charge is 0.229 e. The molecule has 1 aromatic carbocycles. The van der Waals surface area contributed by atoms with E-state index in [1.165, 1.54) is 0 Å². The molecule has 0 aromatic heterocycles. The van der Waals surface area contributed by atoms with E-state index in [1.807, 2.05) is 24.3 Å². The fourth-order valence-electron chi connectivity index (χ4n) is 3.31. The van der Waals surface area contributed by atoms with E-state index in [0.29, 0.717) is 24.6 Å². The second-order valence-corrected chi connectivity index (χ2v) is 8.11. The zero-order valence-electron chi connectivity index (χ0n) is 15.6. The van der Waals surface area contributed by atoms with Crippen LogP contribution in [0.5, 0.6) is 5.75 Å². The Kier molecular flexibility index (Phi) is 5.90. The van der Waals surface area contributed by atoms with Gasteiger partial charge in [0.1, 0.15) is 5.75 Å². The Morgan fingerprint density at radius 2 is 2.08 bits per heavy atom. The van der Waals surface area contributed by atoms with E-state index >= 15 is 0 Å². The van der Waals surface area contributed by atoms with Crippen molar-refractivity contribution >= 4 is 17.7 Å². The minimum Gasteiger partial charge on any atom is -0.497 e. The molecule has 5 nitrogen and oxygen atoms in total. The Morgan fingerprint density at radius 3 is 2.69 bits per heavy atom. The fraction of sp³-hybridized carbons (Fsp3) is 0.500. The van der Waals surface area contributed by atoms with Crippen LogP contribution >= 0.6 is 11.8 Å². The number of rotatable bonds is 5. The average Bonchev–Trinajstić information content (AvgIpc) is 2.66. The number of nitriles is 1. The van der Waals surface area contributed by atoms with Gasteiger partial charge in [-0.1, -0.05) is 37.7 Å². The standard InChI is InChI=1S/C20H25N3O2S/c1-14(2)8-9-22-12-23-19(24)10-17(18(11-21)20(23)26-13-22)15-4-6-16(25-3)7-5-15/h4-7,14,17H,8-10,12-13H2,1-3H3/t17-/m1/s1. The summed E-state index contributed by atoms with van der Waals surface area (Å²) in [4.78, 5) is 16.9. The lowest BCUT2D eigenvalue weighted by atomic mass is 9.86. The number of hydrogen-bond acceptors (Lipinski definition) is 5. The van der Waals surface area contributed by atoms with Gasteiger partial charge in [-0.3, -0.25) is 14.6 Å². The van der Waals surface area contributed by atoms with Crippen LogP contribution in [-0.2, 0) is 4.79 Å². The maximum Gasteiger partial charge on any atom is 0.229 e. The number of hydrogen-bond donors (Lipinski definition) is 0. The highest BCUT2D eigenvalue weighted by molar-refractivity contribution is 8.03. The number of methoxy groups -OCH3 is 1. The van der Waals surface area contributed by atoms with Crippen LogP contribution in [0.25, 0.3) is 0 Å². The molecule has 138 valence electrons. The maximum absolute atomic E-state index is 12.8. The lowest BCUT2D eigenvalue weighted by Crippen LogP contribution is -2.47. The molecule has 0 radical (unpaired) electrons. The Hall–Kier alpha value is -1.97. The van der Waals surface area contributed by atoms with Crippen molar-refractivity contribution in [3.8, 4) is 11.8 Å². The second-order valence-electron chi connectivity index (χ2n) is 7.17. The van der Waals surface area contributed by atoms with Gasteiger partial charge < -0.3 is 4.74 Å². The van der Waals surface area contributed by atoms with E-state index in [2.05, 4.69) is 24.8 Å². The summed E-state index contributed by atoms with van der Waals surface area (Å²) in [7, 11) is 1.63. The van der Waals surface area contributed by atoms with Crippen LogP contribution < -0.4 is 4.74 Å². The molecule has 6 heteroatoms. The molecular weight excluding hydrogens is 346 g/mol. The Labute approximate surface area is 159 Å². The lowest BCUT2D eigenvalue weighted by Gasteiger charge is -2.41. The molecular formula is C20H25N3O2S. The van der Waals surface area contributed by atoms with E-state index in [1.54, 1.807) is 23.8 Å². The number of allylic oxidation sites excluding steroid dienone is 1. The van der Waals surface area contributed by atoms with Gasteiger partial charge in [0.15, 0.2) is 0 Å². The minimum absolute atomic E-state index is 0.0987. The summed E-state index contributed by atoms with van der Waals surface area (Å²) in [6, 6.07) is 10.0. The van der Waals surface area contributed by atoms with Crippen molar-refractivity contribution in [2.75, 3.05) is 26.2 Å². The van der Waals surface area contributed by atoms with Gasteiger partial charge in [-0.15, -0.1) is 0 Å². The Balaban J connectivity index is 1.83. The van der Waals surface area contributed by atoms with E-state index in [9.17, 15) is 10.1 Å². The van der Waals surface area contributed by atoms with Crippen molar-refractivity contribution in [2.24, 2.45) is 5.92 Å². The molecule has 0 saturated carbocycles. The monoisotopic (exact) mass is 371 g/mol. The molecule has 0 aliphatic carbocycles. The number of carbonyl (C=O) groups excluding carboxylic acids is 1. The number of amides is 1. The molecule has 1 amide bonds. The predicted octanol–water partition coefficient (Wildman–Crippen LogP) is 3.76. The molecule has 0 N–H and O–H groups in total. The van der Waals surface area contributed by atoms with Crippen molar-refractivity contribution in [1.29, 1.82) is 5.26 Å². The molecule has 0 spiro atoms. The lowest BCUT2D eigenvalue weighted by molar-refractivity contribution is -0.131. The molecule has 1 atom stereocenters. The SMILES string of the molecule is COc1ccc([C@H]2CC(=O)N3CN(CCC(C)C)CSC3=C2C#N)cc1. The van der Waals surface area contributed by atoms with Crippen LogP contribution in [0.15, 0.2) is 34.9 Å². The largest absolute Gasteiger partial charge is 0.497 e. The summed E-state index contributed by atoms with van der Waals surface area (Å²) in [6.45, 7) is 5.99. The average molecular weight is 372 g/mol. The van der Waals surface area contributed by atoms with Crippen LogP contribution in [0.4, 0.5) is 0 Å². The summed E-state index contributed by atoms with van der Waals surface area (Å²) in [5.74, 6) is 2.17. The quantitative estimate of drug-likeness (QED) is 0.789. The van der Waals surface area contributed by atoms with Gasteiger partial charge in [-0.2, -0.15) is 5.26 Å². The van der Waals surface area contributed by atoms with E-state index in [0.717, 1.165) is 35.2 Å². The van der Waals surface area contributed by atoms with Gasteiger partial charge in [-0.05, 0) is 30.0 Å². The third kappa shape index (κ3) is 3.89. The third-order valence-electron chi connectivity index (χ3n) is 4.89. The molecule has 0 bridgehead atoms. The normalized spacial score (nSPS) is 21.0. The number of benzene rings is 1. The zero-order valence-corrected chi connectivity index (χ0v) is 16.4. The first-order valence-electron chi connectivity index (χ1n) is 8.97. The minimum atomic E-state index is -0.167. The van der Waals surface area contributed by atoms with Crippen LogP contribution in [0, 0.1) is 17.2 Å². The van der Waals surface area contributed by atoms with Gasteiger partial charge in [0.05, 0.1) is 36.3 Å². The number of ether oxygens (including phenoxy) is 1. The number of nitrogens with zero attached hydrogens (tertiary/aromatic N) is 3. The van der Waals surface area contributed by atoms with Crippen molar-refractivity contribution in [3.63, 3.8) is 0 Å². The predicted molar refractivity (Wildman–Crippen MR) is 103 cm³/mol. The van der Waals surface area contributed by atoms with Crippen LogP contribution in [-0.4, -0.2) is 41.9 Å². The van der Waals surface area contributed by atoms with E-state index in [-0.39, 0.29) is 11.8 Å². The summed E-state index contributed by atoms with van der Waals surface area (Å²) in [6.07, 6.45) is 1.46. The molecule has 1 saturated heterocycles. The van der Waals surface area contributed by atoms with Crippen LogP contribution in [0.1, 0.15) is 38.2 Å². The summed E-state index contributed by atoms with van der Waals surface area (Å²) < 4.78 is 5.21. The first-order chi connectivity index (χ1) is 12.5. The van der Waals surface area contributed by atoms with Gasteiger partial charge in [0.25, 0.3) is 0 Å². The maximum atomic E-state index is 12.8. The van der Waals surface area contributed by atoms with Gasteiger partial charge in [0.2, 0.25) is 5.91 Å². The van der Waals surface area contributed by atoms with Crippen LogP contribution in [0.3, 0.4) is 0 Å². The topological polar surface area (TPSA) is 56.6 Å². The van der Waals surface area contributed by atoms with Crippen molar-refractivity contribution in [3.05, 3.63) is 40.4 Å². The highest BCUT2D eigenvalue weighted by atomic mass is 32.2. The number of carbonyl (C=O) groups is 1. The summed E-state index contributed by atoms with van der Waals surface area (Å²) >= 11 is 1.61. The van der Waals surface area contributed by atoms with Crippen molar-refractivity contribution in [2.45, 2.75) is 32.6 Å². The Bertz CT molecular complexity index is 736. The molecule has 0 unspecified atom stereocenters. The Morgan fingerprint density at radius 1 is 1.35 bits per heavy atom. The van der Waals surface area contributed by atoms with Crippen LogP contribution in [0.2, 0.25) is 0 Å². The van der Waals surface area contributed by atoms with Crippen molar-refractivity contribution < 1.29 is 9.53 Å². The highest BCUT2D eigenvalue weighted by Gasteiger charge is 2.38. The van der Waals surface area contributed by atoms with Gasteiger partial charge >= 0.3 is 0 Å².